The highest BCUT2D eigenvalue weighted by Gasteiger charge is 2.16. The molecular weight excluding hydrogens is 286 g/mol. The maximum Gasteiger partial charge on any atom is 0.150 e. The van der Waals surface area contributed by atoms with Gasteiger partial charge in [-0.3, -0.25) is 4.99 Å². The summed E-state index contributed by atoms with van der Waals surface area (Å²) in [6.07, 6.45) is 1.59. The van der Waals surface area contributed by atoms with Gasteiger partial charge in [-0.25, -0.2) is 0 Å². The fraction of sp³-hybridized carbons (Fsp3) is 0. The first-order valence-electron chi connectivity index (χ1n) is 6.39. The first kappa shape index (κ1) is 13.5. The Kier molecular flexibility index (Phi) is 3.50. The molecule has 21 heavy (non-hydrogen) atoms. The van der Waals surface area contributed by atoms with E-state index in [4.69, 9.17) is 11.6 Å². The van der Waals surface area contributed by atoms with Crippen molar-refractivity contribution in [2.45, 2.75) is 0 Å². The number of phenols is 2. The van der Waals surface area contributed by atoms with E-state index >= 15 is 0 Å². The van der Waals surface area contributed by atoms with Crippen LogP contribution >= 0.6 is 11.6 Å². The van der Waals surface area contributed by atoms with Gasteiger partial charge in [-0.15, -0.1) is 0 Å². The fourth-order valence-electron chi connectivity index (χ4n) is 2.15. The third kappa shape index (κ3) is 2.43. The molecule has 0 amide bonds. The van der Waals surface area contributed by atoms with Gasteiger partial charge in [-0.05, 0) is 5.56 Å². The second-order valence-electron chi connectivity index (χ2n) is 4.57. The van der Waals surface area contributed by atoms with Crippen molar-refractivity contribution in [3.05, 3.63) is 65.2 Å². The molecule has 0 bridgehead atoms. The molecule has 0 saturated heterocycles. The van der Waals surface area contributed by atoms with Crippen molar-refractivity contribution in [1.29, 1.82) is 0 Å². The smallest absolute Gasteiger partial charge is 0.150 e. The molecule has 0 radical (unpaired) electrons. The summed E-state index contributed by atoms with van der Waals surface area (Å²) in [6, 6.07) is 16.4. The Hall–Kier alpha value is -2.52. The Morgan fingerprint density at radius 3 is 2.05 bits per heavy atom. The Bertz CT molecular complexity index is 829. The van der Waals surface area contributed by atoms with Crippen LogP contribution in [0, 0.1) is 0 Å². The predicted molar refractivity (Wildman–Crippen MR) is 86.0 cm³/mol. The van der Waals surface area contributed by atoms with E-state index in [1.165, 1.54) is 0 Å². The van der Waals surface area contributed by atoms with Gasteiger partial charge in [0.2, 0.25) is 0 Å². The average Bonchev–Trinajstić information content (AvgIpc) is 2.54. The van der Waals surface area contributed by atoms with E-state index in [-0.39, 0.29) is 22.2 Å². The Morgan fingerprint density at radius 2 is 1.38 bits per heavy atom. The number of halogens is 1. The summed E-state index contributed by atoms with van der Waals surface area (Å²) >= 11 is 6.12. The highest BCUT2D eigenvalue weighted by molar-refractivity contribution is 6.36. The molecule has 3 aromatic carbocycles. The van der Waals surface area contributed by atoms with Gasteiger partial charge in [0.25, 0.3) is 0 Å². The summed E-state index contributed by atoms with van der Waals surface area (Å²) in [6.45, 7) is 0. The van der Waals surface area contributed by atoms with Crippen LogP contribution in [0.3, 0.4) is 0 Å². The van der Waals surface area contributed by atoms with Crippen LogP contribution < -0.4 is 0 Å². The molecule has 0 aliphatic heterocycles. The third-order valence-corrected chi connectivity index (χ3v) is 3.58. The molecule has 0 aromatic heterocycles. The molecule has 0 heterocycles. The first-order chi connectivity index (χ1) is 10.2. The normalized spacial score (nSPS) is 11.3. The van der Waals surface area contributed by atoms with Gasteiger partial charge in [0.1, 0.15) is 16.5 Å². The fourth-order valence-corrected chi connectivity index (χ4v) is 2.39. The minimum absolute atomic E-state index is 0.0402. The number of phenolic OH excluding ortho intramolecular Hbond substituents is 2. The minimum atomic E-state index is -0.0784. The molecule has 0 aliphatic carbocycles. The summed E-state index contributed by atoms with van der Waals surface area (Å²) in [5, 5.41) is 21.5. The Labute approximate surface area is 126 Å². The number of hydrogen-bond acceptors (Lipinski definition) is 3. The lowest BCUT2D eigenvalue weighted by Crippen LogP contribution is -1.82. The monoisotopic (exact) mass is 297 g/mol. The number of aromatic hydroxyl groups is 2. The summed E-state index contributed by atoms with van der Waals surface area (Å²) in [5.41, 5.74) is 1.04. The van der Waals surface area contributed by atoms with E-state index in [0.29, 0.717) is 10.8 Å². The largest absolute Gasteiger partial charge is 0.506 e. The van der Waals surface area contributed by atoms with Crippen molar-refractivity contribution in [1.82, 2.24) is 0 Å². The molecule has 3 rings (SSSR count). The van der Waals surface area contributed by atoms with Crippen LogP contribution in [0.5, 0.6) is 11.5 Å². The van der Waals surface area contributed by atoms with Gasteiger partial charge in [-0.1, -0.05) is 66.2 Å². The third-order valence-electron chi connectivity index (χ3n) is 3.22. The van der Waals surface area contributed by atoms with Gasteiger partial charge >= 0.3 is 0 Å². The molecule has 0 spiro atoms. The maximum absolute atomic E-state index is 10.3. The topological polar surface area (TPSA) is 52.8 Å². The Morgan fingerprint density at radius 1 is 0.810 bits per heavy atom. The summed E-state index contributed by atoms with van der Waals surface area (Å²) < 4.78 is 0. The number of nitrogens with zero attached hydrogens (tertiary/aromatic N) is 1. The molecule has 0 atom stereocenters. The second kappa shape index (κ2) is 5.46. The lowest BCUT2D eigenvalue weighted by molar-refractivity contribution is 0.471. The van der Waals surface area contributed by atoms with Gasteiger partial charge in [0.05, 0.1) is 0 Å². The van der Waals surface area contributed by atoms with Crippen LogP contribution in [0.4, 0.5) is 5.69 Å². The number of hydrogen-bond donors (Lipinski definition) is 2. The molecule has 4 heteroatoms. The molecular formula is C17H12ClNO2. The van der Waals surface area contributed by atoms with Gasteiger partial charge in [0.15, 0.2) is 5.75 Å². The summed E-state index contributed by atoms with van der Waals surface area (Å²) in [7, 11) is 0. The highest BCUT2D eigenvalue weighted by atomic mass is 35.5. The van der Waals surface area contributed by atoms with Crippen LogP contribution in [0.1, 0.15) is 5.56 Å². The van der Waals surface area contributed by atoms with Crippen LogP contribution in [0.15, 0.2) is 59.6 Å². The van der Waals surface area contributed by atoms with E-state index in [1.54, 1.807) is 30.5 Å². The zero-order valence-corrected chi connectivity index (χ0v) is 11.7. The van der Waals surface area contributed by atoms with Crippen LogP contribution in [0.2, 0.25) is 5.02 Å². The number of aliphatic imine (C=N–C) groups is 1. The van der Waals surface area contributed by atoms with E-state index in [9.17, 15) is 10.2 Å². The molecule has 0 saturated carbocycles. The molecule has 0 fully saturated rings. The van der Waals surface area contributed by atoms with E-state index < -0.39 is 0 Å². The van der Waals surface area contributed by atoms with Gasteiger partial charge < -0.3 is 10.2 Å². The van der Waals surface area contributed by atoms with Gasteiger partial charge in [0, 0.05) is 17.0 Å². The molecule has 3 nitrogen and oxygen atoms in total. The average molecular weight is 298 g/mol. The Balaban J connectivity index is 2.17. The zero-order chi connectivity index (χ0) is 14.8. The van der Waals surface area contributed by atoms with Crippen LogP contribution in [0.25, 0.3) is 10.8 Å². The zero-order valence-electron chi connectivity index (χ0n) is 11.0. The van der Waals surface area contributed by atoms with Crippen molar-refractivity contribution in [3.63, 3.8) is 0 Å². The lowest BCUT2D eigenvalue weighted by Gasteiger charge is -2.09. The number of rotatable bonds is 2. The molecule has 2 N–H and O–H groups in total. The quantitative estimate of drug-likeness (QED) is 0.534. The van der Waals surface area contributed by atoms with Crippen LogP contribution in [-0.4, -0.2) is 16.4 Å². The van der Waals surface area contributed by atoms with E-state index in [2.05, 4.69) is 4.99 Å². The standard InChI is InChI=1S/C17H12ClNO2/c18-14-15(19-10-11-6-2-1-3-7-11)17(21)13-9-5-4-8-12(13)16(14)20/h1-10,20-21H. The van der Waals surface area contributed by atoms with Crippen molar-refractivity contribution >= 4 is 34.3 Å². The van der Waals surface area contributed by atoms with E-state index in [0.717, 1.165) is 5.56 Å². The van der Waals surface area contributed by atoms with Crippen molar-refractivity contribution in [2.24, 2.45) is 4.99 Å². The van der Waals surface area contributed by atoms with Gasteiger partial charge in [-0.2, -0.15) is 0 Å². The van der Waals surface area contributed by atoms with Crippen molar-refractivity contribution in [2.75, 3.05) is 0 Å². The molecule has 3 aromatic rings. The van der Waals surface area contributed by atoms with Crippen molar-refractivity contribution < 1.29 is 10.2 Å². The molecule has 0 aliphatic rings. The van der Waals surface area contributed by atoms with Crippen molar-refractivity contribution in [3.8, 4) is 11.5 Å². The minimum Gasteiger partial charge on any atom is -0.506 e. The highest BCUT2D eigenvalue weighted by Crippen LogP contribution is 2.47. The van der Waals surface area contributed by atoms with Crippen LogP contribution in [-0.2, 0) is 0 Å². The second-order valence-corrected chi connectivity index (χ2v) is 4.95. The van der Waals surface area contributed by atoms with E-state index in [1.807, 2.05) is 30.3 Å². The maximum atomic E-state index is 10.3. The predicted octanol–water partition coefficient (Wildman–Crippen LogP) is 4.66. The summed E-state index contributed by atoms with van der Waals surface area (Å²) in [5.74, 6) is -0.120. The lowest BCUT2D eigenvalue weighted by atomic mass is 10.1. The molecule has 0 unspecified atom stereocenters. The number of fused-ring (bicyclic) bond motifs is 1. The SMILES string of the molecule is Oc1c(Cl)c(N=Cc2ccccc2)c(O)c2ccccc12. The first-order valence-corrected chi connectivity index (χ1v) is 6.77. The molecule has 104 valence electrons. The number of benzene rings is 3. The summed E-state index contributed by atoms with van der Waals surface area (Å²) in [4.78, 5) is 4.22.